The maximum Gasteiger partial charge on any atom is 0.324 e. The summed E-state index contributed by atoms with van der Waals surface area (Å²) in [6.45, 7) is 2.16. The Kier molecular flexibility index (Phi) is 4.42. The van der Waals surface area contributed by atoms with Gasteiger partial charge in [0, 0.05) is 5.02 Å². The summed E-state index contributed by atoms with van der Waals surface area (Å²) in [6.07, 6.45) is 0. The van der Waals surface area contributed by atoms with Crippen molar-refractivity contribution >= 4 is 33.5 Å². The Bertz CT molecular complexity index is 310. The van der Waals surface area contributed by atoms with Crippen LogP contribution in [0.4, 0.5) is 0 Å². The molecule has 0 aromatic heterocycles. The van der Waals surface area contributed by atoms with E-state index in [-0.39, 0.29) is 5.97 Å². The molecule has 1 rings (SSSR count). The molecule has 14 heavy (non-hydrogen) atoms. The van der Waals surface area contributed by atoms with Crippen molar-refractivity contribution in [3.63, 3.8) is 0 Å². The number of alkyl halides is 1. The van der Waals surface area contributed by atoms with E-state index in [4.69, 9.17) is 16.3 Å². The van der Waals surface area contributed by atoms with Gasteiger partial charge in [0.25, 0.3) is 0 Å². The van der Waals surface area contributed by atoms with Crippen molar-refractivity contribution in [2.75, 3.05) is 6.61 Å². The van der Waals surface area contributed by atoms with Gasteiger partial charge in [0.15, 0.2) is 0 Å². The summed E-state index contributed by atoms with van der Waals surface area (Å²) in [5.74, 6) is -0.283. The normalized spacial score (nSPS) is 12.2. The van der Waals surface area contributed by atoms with E-state index in [1.165, 1.54) is 0 Å². The van der Waals surface area contributed by atoms with Crippen LogP contribution in [-0.4, -0.2) is 12.6 Å². The van der Waals surface area contributed by atoms with Gasteiger partial charge in [0.05, 0.1) is 6.61 Å². The molecule has 76 valence electrons. The molecule has 0 spiro atoms. The summed E-state index contributed by atoms with van der Waals surface area (Å²) in [5, 5.41) is 0.650. The molecular weight excluding hydrogens is 267 g/mol. The van der Waals surface area contributed by atoms with Gasteiger partial charge in [-0.25, -0.2) is 0 Å². The van der Waals surface area contributed by atoms with E-state index >= 15 is 0 Å². The van der Waals surface area contributed by atoms with Gasteiger partial charge in [-0.15, -0.1) is 0 Å². The maximum absolute atomic E-state index is 11.3. The highest BCUT2D eigenvalue weighted by molar-refractivity contribution is 9.09. The van der Waals surface area contributed by atoms with Crippen LogP contribution in [0.15, 0.2) is 24.3 Å². The summed E-state index contributed by atoms with van der Waals surface area (Å²) >= 11 is 8.98. The molecule has 1 atom stereocenters. The van der Waals surface area contributed by atoms with Crippen LogP contribution < -0.4 is 0 Å². The first-order valence-corrected chi connectivity index (χ1v) is 5.50. The first-order valence-electron chi connectivity index (χ1n) is 4.21. The maximum atomic E-state index is 11.3. The predicted molar refractivity (Wildman–Crippen MR) is 59.8 cm³/mol. The smallest absolute Gasteiger partial charge is 0.324 e. The lowest BCUT2D eigenvalue weighted by atomic mass is 10.1. The van der Waals surface area contributed by atoms with Crippen molar-refractivity contribution < 1.29 is 9.53 Å². The Balaban J connectivity index is 2.73. The van der Waals surface area contributed by atoms with Crippen LogP contribution in [0.5, 0.6) is 0 Å². The highest BCUT2D eigenvalue weighted by atomic mass is 79.9. The van der Waals surface area contributed by atoms with Crippen molar-refractivity contribution in [3.05, 3.63) is 34.9 Å². The molecular formula is C10H10BrClO2. The zero-order chi connectivity index (χ0) is 10.6. The molecule has 1 aromatic carbocycles. The molecule has 1 aromatic rings. The van der Waals surface area contributed by atoms with E-state index in [0.29, 0.717) is 11.6 Å². The lowest BCUT2D eigenvalue weighted by Gasteiger charge is -2.08. The highest BCUT2D eigenvalue weighted by Gasteiger charge is 2.17. The van der Waals surface area contributed by atoms with Gasteiger partial charge in [0.1, 0.15) is 4.83 Å². The van der Waals surface area contributed by atoms with Crippen molar-refractivity contribution in [1.29, 1.82) is 0 Å². The Morgan fingerprint density at radius 2 is 2.07 bits per heavy atom. The van der Waals surface area contributed by atoms with E-state index in [9.17, 15) is 4.79 Å². The van der Waals surface area contributed by atoms with Crippen molar-refractivity contribution in [3.8, 4) is 0 Å². The minimum absolute atomic E-state index is 0.283. The fourth-order valence-electron chi connectivity index (χ4n) is 0.983. The van der Waals surface area contributed by atoms with Crippen LogP contribution in [0.2, 0.25) is 5.02 Å². The number of esters is 1. The molecule has 0 saturated heterocycles. The molecule has 0 amide bonds. The third-order valence-electron chi connectivity index (χ3n) is 1.66. The molecule has 0 fully saturated rings. The number of rotatable bonds is 3. The van der Waals surface area contributed by atoms with E-state index in [1.807, 2.05) is 0 Å². The number of benzene rings is 1. The van der Waals surface area contributed by atoms with Crippen LogP contribution in [0.3, 0.4) is 0 Å². The standard InChI is InChI=1S/C10H10BrClO2/c1-2-14-10(13)9(11)7-3-5-8(12)6-4-7/h3-6,9H,2H2,1H3/t9-/m1/s1. The van der Waals surface area contributed by atoms with Crippen molar-refractivity contribution in [2.45, 2.75) is 11.8 Å². The van der Waals surface area contributed by atoms with Crippen LogP contribution >= 0.6 is 27.5 Å². The second kappa shape index (κ2) is 5.37. The third kappa shape index (κ3) is 3.00. The molecule has 0 saturated carbocycles. The average molecular weight is 278 g/mol. The van der Waals surface area contributed by atoms with Gasteiger partial charge in [0.2, 0.25) is 0 Å². The van der Waals surface area contributed by atoms with Crippen molar-refractivity contribution in [1.82, 2.24) is 0 Å². The highest BCUT2D eigenvalue weighted by Crippen LogP contribution is 2.25. The fourth-order valence-corrected chi connectivity index (χ4v) is 1.55. The van der Waals surface area contributed by atoms with Gasteiger partial charge in [-0.2, -0.15) is 0 Å². The second-order valence-corrected chi connectivity index (χ2v) is 4.02. The minimum atomic E-state index is -0.417. The van der Waals surface area contributed by atoms with Gasteiger partial charge in [-0.3, -0.25) is 4.79 Å². The van der Waals surface area contributed by atoms with Gasteiger partial charge in [-0.05, 0) is 24.6 Å². The van der Waals surface area contributed by atoms with Crippen LogP contribution in [-0.2, 0) is 9.53 Å². The number of carbonyl (C=O) groups is 1. The number of ether oxygens (including phenoxy) is 1. The lowest BCUT2D eigenvalue weighted by Crippen LogP contribution is -2.10. The predicted octanol–water partition coefficient (Wildman–Crippen LogP) is 3.34. The molecule has 2 nitrogen and oxygen atoms in total. The quantitative estimate of drug-likeness (QED) is 0.626. The third-order valence-corrected chi connectivity index (χ3v) is 2.81. The van der Waals surface area contributed by atoms with Crippen LogP contribution in [0, 0.1) is 0 Å². The number of hydrogen-bond donors (Lipinski definition) is 0. The summed E-state index contributed by atoms with van der Waals surface area (Å²) in [4.78, 5) is 10.9. The number of hydrogen-bond acceptors (Lipinski definition) is 2. The summed E-state index contributed by atoms with van der Waals surface area (Å²) < 4.78 is 4.87. The summed E-state index contributed by atoms with van der Waals surface area (Å²) in [6, 6.07) is 7.06. The Morgan fingerprint density at radius 1 is 1.50 bits per heavy atom. The molecule has 0 N–H and O–H groups in total. The zero-order valence-electron chi connectivity index (χ0n) is 7.67. The molecule has 0 unspecified atom stereocenters. The lowest BCUT2D eigenvalue weighted by molar-refractivity contribution is -0.142. The number of halogens is 2. The molecule has 0 aliphatic heterocycles. The van der Waals surface area contributed by atoms with Gasteiger partial charge in [-0.1, -0.05) is 39.7 Å². The van der Waals surface area contributed by atoms with Crippen LogP contribution in [0.25, 0.3) is 0 Å². The van der Waals surface area contributed by atoms with Crippen molar-refractivity contribution in [2.24, 2.45) is 0 Å². The average Bonchev–Trinajstić information content (AvgIpc) is 2.18. The Hall–Kier alpha value is -0.540. The second-order valence-electron chi connectivity index (χ2n) is 2.67. The first-order chi connectivity index (χ1) is 6.65. The van der Waals surface area contributed by atoms with Crippen LogP contribution in [0.1, 0.15) is 17.3 Å². The summed E-state index contributed by atoms with van der Waals surface area (Å²) in [7, 11) is 0. The topological polar surface area (TPSA) is 26.3 Å². The van der Waals surface area contributed by atoms with Gasteiger partial charge >= 0.3 is 5.97 Å². The molecule has 0 heterocycles. The van der Waals surface area contributed by atoms with E-state index in [1.54, 1.807) is 31.2 Å². The molecule has 0 aliphatic carbocycles. The number of carbonyl (C=O) groups excluding carboxylic acids is 1. The fraction of sp³-hybridized carbons (Fsp3) is 0.300. The molecule has 4 heteroatoms. The monoisotopic (exact) mass is 276 g/mol. The Morgan fingerprint density at radius 3 is 2.57 bits per heavy atom. The summed E-state index contributed by atoms with van der Waals surface area (Å²) in [5.41, 5.74) is 0.841. The van der Waals surface area contributed by atoms with E-state index in [2.05, 4.69) is 15.9 Å². The van der Waals surface area contributed by atoms with E-state index in [0.717, 1.165) is 5.56 Å². The molecule has 0 aliphatic rings. The molecule has 0 bridgehead atoms. The van der Waals surface area contributed by atoms with Gasteiger partial charge < -0.3 is 4.74 Å². The first kappa shape index (κ1) is 11.5. The van der Waals surface area contributed by atoms with E-state index < -0.39 is 4.83 Å². The minimum Gasteiger partial charge on any atom is -0.465 e. The largest absolute Gasteiger partial charge is 0.465 e. The zero-order valence-corrected chi connectivity index (χ0v) is 10.0. The molecule has 0 radical (unpaired) electrons. The SMILES string of the molecule is CCOC(=O)[C@H](Br)c1ccc(Cl)cc1. The Labute approximate surface area is 96.3 Å².